The first-order valence-electron chi connectivity index (χ1n) is 10.1. The molecule has 0 spiro atoms. The largest absolute Gasteiger partial charge is 0.385 e. The number of nitrogens with one attached hydrogen (secondary N) is 1. The van der Waals surface area contributed by atoms with E-state index in [0.717, 1.165) is 6.42 Å². The second-order valence-corrected chi connectivity index (χ2v) is 8.71. The number of nitrogens with zero attached hydrogens (tertiary/aromatic N) is 2. The fraction of sp³-hybridized carbons (Fsp3) is 0.571. The standard InChI is InChI=1S/C21H27N3O3S/c1-27-12-4-11-24-20(26)16-5-2-3-6-17(16)22-21(24)28-13-18(25)23-19(14-7-8-14)15-9-10-15/h2-3,5-6,14-15,19H,4,7-13H2,1H3,(H,23,25). The van der Waals surface area contributed by atoms with E-state index in [9.17, 15) is 9.59 Å². The molecule has 1 aromatic carbocycles. The Bertz CT molecular complexity index is 893. The van der Waals surface area contributed by atoms with Crippen molar-refractivity contribution in [3.05, 3.63) is 34.6 Å². The molecule has 2 aliphatic carbocycles. The molecule has 7 heteroatoms. The zero-order chi connectivity index (χ0) is 19.5. The lowest BCUT2D eigenvalue weighted by molar-refractivity contribution is -0.119. The maximum atomic E-state index is 12.9. The number of fused-ring (bicyclic) bond motifs is 1. The number of hydrogen-bond donors (Lipinski definition) is 1. The smallest absolute Gasteiger partial charge is 0.262 e. The average Bonchev–Trinajstić information content (AvgIpc) is 3.60. The lowest BCUT2D eigenvalue weighted by Crippen LogP contribution is -2.39. The fourth-order valence-electron chi connectivity index (χ4n) is 3.71. The Morgan fingerprint density at radius 2 is 2.00 bits per heavy atom. The van der Waals surface area contributed by atoms with Gasteiger partial charge >= 0.3 is 0 Å². The van der Waals surface area contributed by atoms with Crippen LogP contribution in [0.5, 0.6) is 0 Å². The number of para-hydroxylation sites is 1. The van der Waals surface area contributed by atoms with E-state index in [1.807, 2.05) is 18.2 Å². The third kappa shape index (κ3) is 4.58. The number of hydrogen-bond acceptors (Lipinski definition) is 5. The first-order valence-corrected chi connectivity index (χ1v) is 11.1. The molecule has 0 bridgehead atoms. The van der Waals surface area contributed by atoms with Crippen molar-refractivity contribution in [3.63, 3.8) is 0 Å². The van der Waals surface area contributed by atoms with Crippen molar-refractivity contribution in [1.29, 1.82) is 0 Å². The minimum atomic E-state index is -0.0570. The van der Waals surface area contributed by atoms with Gasteiger partial charge in [-0.2, -0.15) is 0 Å². The van der Waals surface area contributed by atoms with E-state index in [1.54, 1.807) is 17.7 Å². The Morgan fingerprint density at radius 3 is 2.68 bits per heavy atom. The molecule has 1 aromatic heterocycles. The lowest BCUT2D eigenvalue weighted by atomic mass is 10.1. The highest BCUT2D eigenvalue weighted by atomic mass is 32.2. The number of carbonyl (C=O) groups is 1. The number of thioether (sulfide) groups is 1. The molecule has 0 radical (unpaired) electrons. The number of methoxy groups -OCH3 is 1. The van der Waals surface area contributed by atoms with Crippen molar-refractivity contribution in [1.82, 2.24) is 14.9 Å². The van der Waals surface area contributed by atoms with Crippen molar-refractivity contribution >= 4 is 28.6 Å². The van der Waals surface area contributed by atoms with Crippen LogP contribution in [0.1, 0.15) is 32.1 Å². The highest BCUT2D eigenvalue weighted by Gasteiger charge is 2.42. The fourth-order valence-corrected chi connectivity index (χ4v) is 4.55. The Kier molecular flexibility index (Phi) is 6.01. The van der Waals surface area contributed by atoms with Crippen LogP contribution in [-0.2, 0) is 16.1 Å². The van der Waals surface area contributed by atoms with E-state index < -0.39 is 0 Å². The predicted octanol–water partition coefficient (Wildman–Crippen LogP) is 2.83. The number of ether oxygens (including phenoxy) is 1. The minimum Gasteiger partial charge on any atom is -0.385 e. The van der Waals surface area contributed by atoms with E-state index in [1.165, 1.54) is 37.4 Å². The van der Waals surface area contributed by atoms with Crippen LogP contribution in [-0.4, -0.2) is 41.0 Å². The van der Waals surface area contributed by atoms with Crippen LogP contribution in [0.15, 0.2) is 34.2 Å². The molecule has 2 fully saturated rings. The van der Waals surface area contributed by atoms with Crippen molar-refractivity contribution in [2.24, 2.45) is 11.8 Å². The Morgan fingerprint density at radius 1 is 1.29 bits per heavy atom. The zero-order valence-electron chi connectivity index (χ0n) is 16.2. The van der Waals surface area contributed by atoms with E-state index in [4.69, 9.17) is 4.74 Å². The molecule has 0 atom stereocenters. The van der Waals surface area contributed by atoms with Gasteiger partial charge < -0.3 is 10.1 Å². The maximum absolute atomic E-state index is 12.9. The zero-order valence-corrected chi connectivity index (χ0v) is 17.0. The van der Waals surface area contributed by atoms with E-state index in [2.05, 4.69) is 10.3 Å². The highest BCUT2D eigenvalue weighted by Crippen LogP contribution is 2.44. The van der Waals surface area contributed by atoms with Gasteiger partial charge in [-0.1, -0.05) is 23.9 Å². The van der Waals surface area contributed by atoms with E-state index >= 15 is 0 Å². The minimum absolute atomic E-state index is 0.0413. The van der Waals surface area contributed by atoms with Gasteiger partial charge in [-0.25, -0.2) is 4.98 Å². The second-order valence-electron chi connectivity index (χ2n) is 7.77. The molecule has 28 heavy (non-hydrogen) atoms. The first kappa shape index (κ1) is 19.5. The third-order valence-electron chi connectivity index (χ3n) is 5.48. The van der Waals surface area contributed by atoms with Gasteiger partial charge in [0.05, 0.1) is 16.7 Å². The van der Waals surface area contributed by atoms with Crippen molar-refractivity contribution in [3.8, 4) is 0 Å². The molecule has 1 heterocycles. The molecule has 1 N–H and O–H groups in total. The Labute approximate surface area is 169 Å². The topological polar surface area (TPSA) is 73.2 Å². The summed E-state index contributed by atoms with van der Waals surface area (Å²) in [6.07, 6.45) is 5.67. The van der Waals surface area contributed by atoms with E-state index in [-0.39, 0.29) is 17.2 Å². The average molecular weight is 402 g/mol. The van der Waals surface area contributed by atoms with Gasteiger partial charge in [0.25, 0.3) is 5.56 Å². The number of amides is 1. The summed E-state index contributed by atoms with van der Waals surface area (Å²) in [7, 11) is 1.65. The molecule has 0 unspecified atom stereocenters. The second kappa shape index (κ2) is 8.66. The predicted molar refractivity (Wildman–Crippen MR) is 111 cm³/mol. The lowest BCUT2D eigenvalue weighted by Gasteiger charge is -2.18. The summed E-state index contributed by atoms with van der Waals surface area (Å²) in [4.78, 5) is 30.1. The molecule has 2 aromatic rings. The summed E-state index contributed by atoms with van der Waals surface area (Å²) in [6, 6.07) is 7.72. The normalized spacial score (nSPS) is 16.6. The Hall–Kier alpha value is -1.86. The molecule has 4 rings (SSSR count). The molecule has 2 saturated carbocycles. The van der Waals surface area contributed by atoms with E-state index in [0.29, 0.717) is 47.1 Å². The molecular formula is C21H27N3O3S. The quantitative estimate of drug-likeness (QED) is 0.376. The van der Waals surface area contributed by atoms with Crippen LogP contribution < -0.4 is 10.9 Å². The van der Waals surface area contributed by atoms with Gasteiger partial charge in [0.15, 0.2) is 5.16 Å². The summed E-state index contributed by atoms with van der Waals surface area (Å²) in [5.74, 6) is 1.67. The number of aromatic nitrogens is 2. The summed E-state index contributed by atoms with van der Waals surface area (Å²) in [5, 5.41) is 4.45. The van der Waals surface area contributed by atoms with Gasteiger partial charge in [0.2, 0.25) is 5.91 Å². The molecule has 2 aliphatic rings. The summed E-state index contributed by atoms with van der Waals surface area (Å²) in [6.45, 7) is 1.11. The van der Waals surface area contributed by atoms with Crippen LogP contribution in [0.3, 0.4) is 0 Å². The number of carbonyl (C=O) groups excluding carboxylic acids is 1. The van der Waals surface area contributed by atoms with Crippen LogP contribution >= 0.6 is 11.8 Å². The van der Waals surface area contributed by atoms with Crippen molar-refractivity contribution in [2.75, 3.05) is 19.5 Å². The van der Waals surface area contributed by atoms with Crippen LogP contribution in [0, 0.1) is 11.8 Å². The highest BCUT2D eigenvalue weighted by molar-refractivity contribution is 7.99. The Balaban J connectivity index is 1.48. The first-order chi connectivity index (χ1) is 13.7. The number of rotatable bonds is 10. The van der Waals surface area contributed by atoms with Gasteiger partial charge in [0.1, 0.15) is 0 Å². The summed E-state index contributed by atoms with van der Waals surface area (Å²) < 4.78 is 6.80. The molecular weight excluding hydrogens is 374 g/mol. The van der Waals surface area contributed by atoms with Crippen molar-refractivity contribution in [2.45, 2.75) is 49.8 Å². The summed E-state index contributed by atoms with van der Waals surface area (Å²) in [5.41, 5.74) is 0.616. The van der Waals surface area contributed by atoms with Crippen LogP contribution in [0.4, 0.5) is 0 Å². The molecule has 0 aliphatic heterocycles. The molecule has 1 amide bonds. The van der Waals surface area contributed by atoms with Gasteiger partial charge in [0, 0.05) is 26.3 Å². The monoisotopic (exact) mass is 401 g/mol. The van der Waals surface area contributed by atoms with Gasteiger partial charge in [-0.3, -0.25) is 14.2 Å². The molecule has 150 valence electrons. The third-order valence-corrected chi connectivity index (χ3v) is 6.45. The van der Waals surface area contributed by atoms with Crippen molar-refractivity contribution < 1.29 is 9.53 Å². The van der Waals surface area contributed by atoms with Crippen LogP contribution in [0.2, 0.25) is 0 Å². The summed E-state index contributed by atoms with van der Waals surface area (Å²) >= 11 is 1.35. The van der Waals surface area contributed by atoms with Gasteiger partial charge in [-0.15, -0.1) is 0 Å². The molecule has 6 nitrogen and oxygen atoms in total. The maximum Gasteiger partial charge on any atom is 0.262 e. The SMILES string of the molecule is COCCCn1c(SCC(=O)NC(C2CC2)C2CC2)nc2ccccc2c1=O. The van der Waals surface area contributed by atoms with Crippen LogP contribution in [0.25, 0.3) is 10.9 Å². The molecule has 0 saturated heterocycles. The number of benzene rings is 1. The van der Waals surface area contributed by atoms with Gasteiger partial charge in [-0.05, 0) is 56.1 Å².